The zero-order chi connectivity index (χ0) is 12.0. The van der Waals surface area contributed by atoms with Gasteiger partial charge in [-0.05, 0) is 0 Å². The number of carbonyl (C=O) groups excluding carboxylic acids is 2. The minimum atomic E-state index is -0.434. The fourth-order valence-corrected chi connectivity index (χ4v) is 1.53. The monoisotopic (exact) mass is 230 g/mol. The van der Waals surface area contributed by atoms with Crippen molar-refractivity contribution in [3.05, 3.63) is 0 Å². The largest absolute Gasteiger partial charge is 0.387 e. The summed E-state index contributed by atoms with van der Waals surface area (Å²) in [5.74, 6) is -0.237. The molecule has 7 heteroatoms. The Bertz CT molecular complexity index is 251. The van der Waals surface area contributed by atoms with E-state index in [9.17, 15) is 9.59 Å². The molecular weight excluding hydrogens is 212 g/mol. The Kier molecular flexibility index (Phi) is 5.00. The topological polar surface area (TPSA) is 84.9 Å². The number of rotatable bonds is 3. The minimum absolute atomic E-state index is 0.214. The number of aliphatic hydroxyl groups excluding tert-OH is 1. The number of amides is 3. The number of carbonyl (C=O) groups is 2. The van der Waals surface area contributed by atoms with Crippen LogP contribution < -0.4 is 10.6 Å². The summed E-state index contributed by atoms with van der Waals surface area (Å²) in [6.07, 6.45) is 0. The molecule has 0 atom stereocenters. The molecule has 0 aromatic carbocycles. The fourth-order valence-electron chi connectivity index (χ4n) is 1.53. The van der Waals surface area contributed by atoms with Crippen LogP contribution >= 0.6 is 0 Å². The van der Waals surface area contributed by atoms with Gasteiger partial charge in [-0.15, -0.1) is 0 Å². The molecule has 1 aliphatic heterocycles. The van der Waals surface area contributed by atoms with Gasteiger partial charge in [-0.3, -0.25) is 9.69 Å². The van der Waals surface area contributed by atoms with Gasteiger partial charge in [0.15, 0.2) is 0 Å². The molecular formula is C9H18N4O3. The number of nitrogens with one attached hydrogen (secondary N) is 2. The number of hydrogen-bond acceptors (Lipinski definition) is 4. The summed E-state index contributed by atoms with van der Waals surface area (Å²) in [5.41, 5.74) is 0. The van der Waals surface area contributed by atoms with Crippen LogP contribution in [0.5, 0.6) is 0 Å². The van der Waals surface area contributed by atoms with Gasteiger partial charge >= 0.3 is 6.03 Å². The molecule has 0 saturated carbocycles. The van der Waals surface area contributed by atoms with Crippen LogP contribution in [0.3, 0.4) is 0 Å². The van der Waals surface area contributed by atoms with Gasteiger partial charge in [0.05, 0.1) is 6.67 Å². The molecule has 3 N–H and O–H groups in total. The molecule has 7 nitrogen and oxygen atoms in total. The molecule has 1 fully saturated rings. The van der Waals surface area contributed by atoms with Crippen molar-refractivity contribution >= 4 is 11.9 Å². The predicted octanol–water partition coefficient (Wildman–Crippen LogP) is -1.99. The molecule has 1 heterocycles. The molecule has 0 aromatic rings. The first kappa shape index (κ1) is 12.7. The third-order valence-corrected chi connectivity index (χ3v) is 2.55. The van der Waals surface area contributed by atoms with Crippen LogP contribution in [0.15, 0.2) is 0 Å². The van der Waals surface area contributed by atoms with Crippen LogP contribution in [-0.2, 0) is 4.79 Å². The lowest BCUT2D eigenvalue weighted by Crippen LogP contribution is -2.52. The van der Waals surface area contributed by atoms with Gasteiger partial charge in [-0.1, -0.05) is 0 Å². The number of nitrogens with zero attached hydrogens (tertiary/aromatic N) is 2. The Hall–Kier alpha value is -1.34. The molecule has 0 aromatic heterocycles. The normalized spacial score (nSPS) is 17.0. The molecule has 1 rings (SSSR count). The fraction of sp³-hybridized carbons (Fsp3) is 0.778. The van der Waals surface area contributed by atoms with Crippen LogP contribution in [0.4, 0.5) is 4.79 Å². The molecule has 1 saturated heterocycles. The number of hydrogen-bond donors (Lipinski definition) is 3. The van der Waals surface area contributed by atoms with Gasteiger partial charge in [0.25, 0.3) is 0 Å². The smallest absolute Gasteiger partial charge is 0.315 e. The van der Waals surface area contributed by atoms with Gasteiger partial charge in [0, 0.05) is 33.2 Å². The second kappa shape index (κ2) is 6.29. The summed E-state index contributed by atoms with van der Waals surface area (Å²) in [5, 5.41) is 13.8. The average molecular weight is 230 g/mol. The molecule has 16 heavy (non-hydrogen) atoms. The molecule has 0 aliphatic carbocycles. The zero-order valence-electron chi connectivity index (χ0n) is 9.40. The Labute approximate surface area is 94.4 Å². The van der Waals surface area contributed by atoms with Crippen molar-refractivity contribution in [3.8, 4) is 0 Å². The van der Waals surface area contributed by atoms with Gasteiger partial charge in [0.2, 0.25) is 5.91 Å². The minimum Gasteiger partial charge on any atom is -0.387 e. The van der Waals surface area contributed by atoms with Gasteiger partial charge in [-0.2, -0.15) is 0 Å². The predicted molar refractivity (Wildman–Crippen MR) is 57.7 cm³/mol. The first-order valence-corrected chi connectivity index (χ1v) is 5.24. The van der Waals surface area contributed by atoms with E-state index in [1.54, 1.807) is 11.9 Å². The van der Waals surface area contributed by atoms with Crippen molar-refractivity contribution in [2.75, 3.05) is 46.5 Å². The summed E-state index contributed by atoms with van der Waals surface area (Å²) < 4.78 is 0. The highest BCUT2D eigenvalue weighted by Gasteiger charge is 2.20. The van der Waals surface area contributed by atoms with Crippen LogP contribution in [-0.4, -0.2) is 73.3 Å². The maximum absolute atomic E-state index is 11.2. The highest BCUT2D eigenvalue weighted by molar-refractivity contribution is 5.77. The Morgan fingerprint density at radius 1 is 1.25 bits per heavy atom. The average Bonchev–Trinajstić information content (AvgIpc) is 2.35. The molecule has 3 amide bonds. The molecule has 1 aliphatic rings. The van der Waals surface area contributed by atoms with Crippen LogP contribution in [0, 0.1) is 0 Å². The van der Waals surface area contributed by atoms with Crippen LogP contribution in [0.25, 0.3) is 0 Å². The summed E-state index contributed by atoms with van der Waals surface area (Å²) >= 11 is 0. The lowest BCUT2D eigenvalue weighted by molar-refractivity contribution is -0.135. The lowest BCUT2D eigenvalue weighted by atomic mass is 10.3. The Morgan fingerprint density at radius 2 is 1.88 bits per heavy atom. The molecule has 0 unspecified atom stereocenters. The van der Waals surface area contributed by atoms with E-state index in [1.165, 1.54) is 0 Å². The van der Waals surface area contributed by atoms with Crippen molar-refractivity contribution in [2.45, 2.75) is 0 Å². The maximum atomic E-state index is 11.2. The van der Waals surface area contributed by atoms with E-state index in [4.69, 9.17) is 5.11 Å². The summed E-state index contributed by atoms with van der Waals surface area (Å²) in [6, 6.07) is -0.214. The van der Waals surface area contributed by atoms with E-state index < -0.39 is 6.61 Å². The lowest BCUT2D eigenvalue weighted by Gasteiger charge is -2.34. The molecule has 0 bridgehead atoms. The van der Waals surface area contributed by atoms with Crippen molar-refractivity contribution in [3.63, 3.8) is 0 Å². The first-order valence-electron chi connectivity index (χ1n) is 5.24. The molecule has 92 valence electrons. The summed E-state index contributed by atoms with van der Waals surface area (Å²) in [6.45, 7) is 2.63. The maximum Gasteiger partial charge on any atom is 0.315 e. The van der Waals surface area contributed by atoms with Crippen LogP contribution in [0.1, 0.15) is 0 Å². The second-order valence-corrected chi connectivity index (χ2v) is 3.57. The van der Waals surface area contributed by atoms with Gasteiger partial charge < -0.3 is 20.6 Å². The standard InChI is InChI=1S/C9H18N4O3/c1-10-9(16)11-7-12-2-4-13(5-3-12)8(15)6-14/h14H,2-7H2,1H3,(H2,10,11,16). The van der Waals surface area contributed by atoms with E-state index in [-0.39, 0.29) is 11.9 Å². The molecule has 0 spiro atoms. The second-order valence-electron chi connectivity index (χ2n) is 3.57. The van der Waals surface area contributed by atoms with E-state index in [1.807, 2.05) is 4.90 Å². The number of aliphatic hydroxyl groups is 1. The van der Waals surface area contributed by atoms with E-state index in [0.717, 1.165) is 0 Å². The number of urea groups is 1. The van der Waals surface area contributed by atoms with E-state index in [0.29, 0.717) is 32.8 Å². The first-order chi connectivity index (χ1) is 7.67. The van der Waals surface area contributed by atoms with Gasteiger partial charge in [0.1, 0.15) is 6.61 Å². The van der Waals surface area contributed by atoms with E-state index >= 15 is 0 Å². The summed E-state index contributed by atoms with van der Waals surface area (Å²) in [4.78, 5) is 25.7. The Balaban J connectivity index is 2.22. The van der Waals surface area contributed by atoms with Gasteiger partial charge in [-0.25, -0.2) is 4.79 Å². The van der Waals surface area contributed by atoms with Crippen molar-refractivity contribution < 1.29 is 14.7 Å². The van der Waals surface area contributed by atoms with Crippen LogP contribution in [0.2, 0.25) is 0 Å². The number of piperazine rings is 1. The van der Waals surface area contributed by atoms with Crippen molar-refractivity contribution in [1.82, 2.24) is 20.4 Å². The third-order valence-electron chi connectivity index (χ3n) is 2.55. The van der Waals surface area contributed by atoms with Crippen molar-refractivity contribution in [2.24, 2.45) is 0 Å². The van der Waals surface area contributed by atoms with Crippen molar-refractivity contribution in [1.29, 1.82) is 0 Å². The zero-order valence-corrected chi connectivity index (χ0v) is 9.40. The third kappa shape index (κ3) is 3.67. The highest BCUT2D eigenvalue weighted by Crippen LogP contribution is 2.00. The highest BCUT2D eigenvalue weighted by atomic mass is 16.3. The quantitative estimate of drug-likeness (QED) is 0.524. The summed E-state index contributed by atoms with van der Waals surface area (Å²) in [7, 11) is 1.56. The van der Waals surface area contributed by atoms with E-state index in [2.05, 4.69) is 10.6 Å². The molecule has 0 radical (unpaired) electrons. The Morgan fingerprint density at radius 3 is 2.38 bits per heavy atom. The SMILES string of the molecule is CNC(=O)NCN1CCN(C(=O)CO)CC1.